The Morgan fingerprint density at radius 1 is 1.15 bits per heavy atom. The van der Waals surface area contributed by atoms with Gasteiger partial charge < -0.3 is 5.73 Å². The third-order valence-corrected chi connectivity index (χ3v) is 6.90. The van der Waals surface area contributed by atoms with E-state index in [2.05, 4.69) is 4.98 Å². The molecule has 1 heterocycles. The Bertz CT molecular complexity index is 974. The number of nitrogens with zero attached hydrogens (tertiary/aromatic N) is 1. The Morgan fingerprint density at radius 2 is 1.81 bits per heavy atom. The number of pyridine rings is 1. The first-order valence-corrected chi connectivity index (χ1v) is 10.0. The Morgan fingerprint density at radius 3 is 2.33 bits per heavy atom. The fraction of sp³-hybridized carbons (Fsp3) is 0.333. The van der Waals surface area contributed by atoms with Crippen LogP contribution in [0.2, 0.25) is 0 Å². The Balaban J connectivity index is 2.15. The lowest BCUT2D eigenvalue weighted by molar-refractivity contribution is 0.0995. The molecule has 5 nitrogen and oxygen atoms in total. The molecule has 0 spiro atoms. The molecule has 0 aliphatic heterocycles. The van der Waals surface area contributed by atoms with Gasteiger partial charge in [0.05, 0.1) is 5.75 Å². The minimum Gasteiger partial charge on any atom is -0.364 e. The molecule has 0 saturated heterocycles. The molecule has 3 rings (SSSR count). The van der Waals surface area contributed by atoms with Gasteiger partial charge in [-0.15, -0.1) is 0 Å². The second-order valence-electron chi connectivity index (χ2n) is 6.60. The minimum atomic E-state index is -4.09. The quantitative estimate of drug-likeness (QED) is 0.758. The number of sulfone groups is 1. The van der Waals surface area contributed by atoms with E-state index in [1.54, 1.807) is 0 Å². The van der Waals surface area contributed by atoms with Crippen molar-refractivity contribution in [2.75, 3.05) is 5.75 Å². The monoisotopic (exact) mass is 398 g/mol. The SMILES string of the molecule is NC(=O)c1ccc(C(c2c(F)ccc(F)c2F)S(=O)(=O)CC2CCC2)cn1. The highest BCUT2D eigenvalue weighted by Crippen LogP contribution is 2.38. The maximum absolute atomic E-state index is 14.4. The molecule has 1 aliphatic carbocycles. The molecule has 144 valence electrons. The van der Waals surface area contributed by atoms with Gasteiger partial charge in [-0.1, -0.05) is 12.5 Å². The molecule has 2 aromatic rings. The number of benzene rings is 1. The topological polar surface area (TPSA) is 90.1 Å². The van der Waals surface area contributed by atoms with E-state index in [0.29, 0.717) is 25.0 Å². The van der Waals surface area contributed by atoms with Crippen molar-refractivity contribution in [3.05, 3.63) is 64.7 Å². The van der Waals surface area contributed by atoms with Gasteiger partial charge >= 0.3 is 0 Å². The van der Waals surface area contributed by atoms with Gasteiger partial charge in [-0.3, -0.25) is 9.78 Å². The van der Waals surface area contributed by atoms with Crippen molar-refractivity contribution in [1.29, 1.82) is 0 Å². The maximum Gasteiger partial charge on any atom is 0.267 e. The fourth-order valence-electron chi connectivity index (χ4n) is 3.13. The number of primary amides is 1. The molecule has 1 saturated carbocycles. The predicted octanol–water partition coefficient (Wildman–Crippen LogP) is 2.90. The molecule has 0 radical (unpaired) electrons. The lowest BCUT2D eigenvalue weighted by atomic mass is 9.87. The van der Waals surface area contributed by atoms with Crippen LogP contribution in [0, 0.1) is 23.4 Å². The van der Waals surface area contributed by atoms with Crippen LogP contribution in [-0.4, -0.2) is 25.1 Å². The average Bonchev–Trinajstić information content (AvgIpc) is 2.58. The third kappa shape index (κ3) is 3.83. The molecule has 1 aromatic carbocycles. The largest absolute Gasteiger partial charge is 0.364 e. The number of hydrogen-bond donors (Lipinski definition) is 1. The van der Waals surface area contributed by atoms with E-state index < -0.39 is 44.0 Å². The number of carbonyl (C=O) groups is 1. The first-order valence-electron chi connectivity index (χ1n) is 8.31. The van der Waals surface area contributed by atoms with Crippen LogP contribution in [0.4, 0.5) is 13.2 Å². The second-order valence-corrected chi connectivity index (χ2v) is 8.73. The van der Waals surface area contributed by atoms with E-state index in [0.717, 1.165) is 12.6 Å². The van der Waals surface area contributed by atoms with Crippen LogP contribution in [0.1, 0.15) is 46.1 Å². The van der Waals surface area contributed by atoms with Gasteiger partial charge in [-0.05, 0) is 42.5 Å². The molecule has 1 aromatic heterocycles. The van der Waals surface area contributed by atoms with Gasteiger partial charge in [-0.2, -0.15) is 0 Å². The Kier molecular flexibility index (Phi) is 5.23. The van der Waals surface area contributed by atoms with Gasteiger partial charge in [0.15, 0.2) is 21.5 Å². The summed E-state index contributed by atoms with van der Waals surface area (Å²) in [7, 11) is -4.09. The number of amides is 1. The van der Waals surface area contributed by atoms with Gasteiger partial charge in [0.2, 0.25) is 0 Å². The molecule has 1 fully saturated rings. The van der Waals surface area contributed by atoms with Crippen LogP contribution in [0.25, 0.3) is 0 Å². The lowest BCUT2D eigenvalue weighted by Gasteiger charge is -2.28. The van der Waals surface area contributed by atoms with Crippen LogP contribution < -0.4 is 5.73 Å². The molecule has 1 amide bonds. The van der Waals surface area contributed by atoms with Crippen molar-refractivity contribution in [1.82, 2.24) is 4.98 Å². The molecule has 27 heavy (non-hydrogen) atoms. The Labute approximate surface area is 154 Å². The summed E-state index contributed by atoms with van der Waals surface area (Å²) >= 11 is 0. The maximum atomic E-state index is 14.4. The van der Waals surface area contributed by atoms with Crippen LogP contribution in [0.15, 0.2) is 30.5 Å². The van der Waals surface area contributed by atoms with E-state index in [9.17, 15) is 26.4 Å². The lowest BCUT2D eigenvalue weighted by Crippen LogP contribution is -2.28. The molecule has 9 heteroatoms. The number of rotatable bonds is 6. The normalized spacial score (nSPS) is 16.0. The van der Waals surface area contributed by atoms with Gasteiger partial charge in [0.1, 0.15) is 16.8 Å². The first kappa shape index (κ1) is 19.3. The zero-order chi connectivity index (χ0) is 19.8. The summed E-state index contributed by atoms with van der Waals surface area (Å²) in [6.45, 7) is 0. The number of hydrogen-bond acceptors (Lipinski definition) is 4. The molecule has 1 aliphatic rings. The molecule has 2 N–H and O–H groups in total. The summed E-state index contributed by atoms with van der Waals surface area (Å²) < 4.78 is 68.5. The second kappa shape index (κ2) is 7.30. The predicted molar refractivity (Wildman–Crippen MR) is 92.0 cm³/mol. The number of carbonyl (C=O) groups excluding carboxylic acids is 1. The molecular formula is C18H17F3N2O3S. The van der Waals surface area contributed by atoms with E-state index >= 15 is 0 Å². The van der Waals surface area contributed by atoms with Crippen molar-refractivity contribution in [3.63, 3.8) is 0 Å². The van der Waals surface area contributed by atoms with Crippen LogP contribution in [-0.2, 0) is 9.84 Å². The Hall–Kier alpha value is -2.42. The molecule has 1 unspecified atom stereocenters. The first-order chi connectivity index (χ1) is 12.7. The van der Waals surface area contributed by atoms with Crippen molar-refractivity contribution in [2.45, 2.75) is 24.5 Å². The summed E-state index contributed by atoms with van der Waals surface area (Å²) in [5.41, 5.74) is 4.02. The average molecular weight is 398 g/mol. The standard InChI is InChI=1S/C18H17F3N2O3S/c19-12-5-6-13(20)16(21)15(12)17(27(25,26)9-10-2-1-3-10)11-4-7-14(18(22)24)23-8-11/h4-8,10,17H,1-3,9H2,(H2,22,24). The van der Waals surface area contributed by atoms with Gasteiger partial charge in [-0.25, -0.2) is 21.6 Å². The summed E-state index contributed by atoms with van der Waals surface area (Å²) in [6.07, 6.45) is 3.33. The zero-order valence-corrected chi connectivity index (χ0v) is 15.0. The summed E-state index contributed by atoms with van der Waals surface area (Å²) in [6, 6.07) is 3.65. The summed E-state index contributed by atoms with van der Waals surface area (Å²) in [5, 5.41) is -1.77. The highest BCUT2D eigenvalue weighted by Gasteiger charge is 2.37. The van der Waals surface area contributed by atoms with Gasteiger partial charge in [0, 0.05) is 11.8 Å². The molecular weight excluding hydrogens is 381 g/mol. The fourth-order valence-corrected chi connectivity index (χ4v) is 5.44. The van der Waals surface area contributed by atoms with Crippen LogP contribution >= 0.6 is 0 Å². The van der Waals surface area contributed by atoms with E-state index in [1.807, 2.05) is 0 Å². The molecule has 0 bridgehead atoms. The van der Waals surface area contributed by atoms with Crippen molar-refractivity contribution < 1.29 is 26.4 Å². The smallest absolute Gasteiger partial charge is 0.267 e. The number of halogens is 3. The van der Waals surface area contributed by atoms with E-state index in [-0.39, 0.29) is 22.9 Å². The molecule has 1 atom stereocenters. The number of nitrogens with two attached hydrogens (primary N) is 1. The van der Waals surface area contributed by atoms with Crippen LogP contribution in [0.5, 0.6) is 0 Å². The van der Waals surface area contributed by atoms with Crippen molar-refractivity contribution in [3.8, 4) is 0 Å². The van der Waals surface area contributed by atoms with E-state index in [1.165, 1.54) is 12.1 Å². The number of aromatic nitrogens is 1. The minimum absolute atomic E-state index is 0.0669. The van der Waals surface area contributed by atoms with Crippen LogP contribution in [0.3, 0.4) is 0 Å². The third-order valence-electron chi connectivity index (χ3n) is 4.74. The zero-order valence-electron chi connectivity index (χ0n) is 14.2. The van der Waals surface area contributed by atoms with Gasteiger partial charge in [0.25, 0.3) is 5.91 Å². The van der Waals surface area contributed by atoms with Crippen molar-refractivity contribution >= 4 is 15.7 Å². The van der Waals surface area contributed by atoms with E-state index in [4.69, 9.17) is 5.73 Å². The summed E-state index contributed by atoms with van der Waals surface area (Å²) in [5.74, 6) is -5.29. The van der Waals surface area contributed by atoms with Crippen molar-refractivity contribution in [2.24, 2.45) is 11.7 Å². The highest BCUT2D eigenvalue weighted by molar-refractivity contribution is 7.91. The summed E-state index contributed by atoms with van der Waals surface area (Å²) in [4.78, 5) is 14.9. The highest BCUT2D eigenvalue weighted by atomic mass is 32.2.